The molecule has 5 nitrogen and oxygen atoms in total. The molecule has 6 unspecified atom stereocenters. The highest BCUT2D eigenvalue weighted by Crippen LogP contribution is 2.16. The minimum absolute atomic E-state index is 0.223. The van der Waals surface area contributed by atoms with Crippen molar-refractivity contribution in [1.82, 2.24) is 0 Å². The lowest BCUT2D eigenvalue weighted by molar-refractivity contribution is -0.140. The first-order valence-electron chi connectivity index (χ1n) is 12.1. The van der Waals surface area contributed by atoms with Crippen molar-refractivity contribution in [3.63, 3.8) is 0 Å². The van der Waals surface area contributed by atoms with E-state index in [0.717, 1.165) is 18.4 Å². The number of aliphatic hydroxyl groups excluding tert-OH is 2. The van der Waals surface area contributed by atoms with Crippen molar-refractivity contribution >= 4 is 5.97 Å². The van der Waals surface area contributed by atoms with E-state index in [0.29, 0.717) is 12.3 Å². The topological polar surface area (TPSA) is 76.0 Å². The van der Waals surface area contributed by atoms with Crippen LogP contribution < -0.4 is 0 Å². The van der Waals surface area contributed by atoms with Crippen molar-refractivity contribution in [3.8, 4) is 0 Å². The Labute approximate surface area is 205 Å². The molecule has 0 aromatic rings. The summed E-state index contributed by atoms with van der Waals surface area (Å²) in [6, 6.07) is 0. The van der Waals surface area contributed by atoms with Gasteiger partial charge in [0.1, 0.15) is 18.3 Å². The van der Waals surface area contributed by atoms with Crippen LogP contribution in [0.15, 0.2) is 84.6 Å². The summed E-state index contributed by atoms with van der Waals surface area (Å²) in [4.78, 5) is 12.3. The molecule has 1 rings (SSSR count). The molecule has 0 amide bonds. The number of allylic oxidation sites excluding steroid dienone is 9. The van der Waals surface area contributed by atoms with Gasteiger partial charge in [-0.05, 0) is 31.8 Å². The summed E-state index contributed by atoms with van der Waals surface area (Å²) in [5.41, 5.74) is 0.946. The molecule has 6 atom stereocenters. The fraction of sp³-hybridized carbons (Fsp3) is 0.483. The highest BCUT2D eigenvalue weighted by atomic mass is 16.5. The molecular formula is C29H42O5. The normalized spacial score (nSPS) is 36.8. The summed E-state index contributed by atoms with van der Waals surface area (Å²) < 4.78 is 11.0. The lowest BCUT2D eigenvalue weighted by atomic mass is 9.94. The van der Waals surface area contributed by atoms with Gasteiger partial charge in [0.15, 0.2) is 0 Å². The second-order valence-electron chi connectivity index (χ2n) is 8.67. The van der Waals surface area contributed by atoms with Crippen molar-refractivity contribution in [1.29, 1.82) is 0 Å². The SMILES string of the molecule is CC/C=C/C1C/C=C/C=C\C(OC)C(O)C(O)C(C)/C=C/CC(C)/C=C/C=C(C)/C=C/C(=O)O1. The van der Waals surface area contributed by atoms with Crippen LogP contribution in [0.4, 0.5) is 0 Å². The van der Waals surface area contributed by atoms with Gasteiger partial charge in [0.25, 0.3) is 0 Å². The van der Waals surface area contributed by atoms with Gasteiger partial charge in [-0.1, -0.05) is 93.2 Å². The number of esters is 1. The molecule has 0 saturated carbocycles. The van der Waals surface area contributed by atoms with Gasteiger partial charge < -0.3 is 19.7 Å². The second-order valence-corrected chi connectivity index (χ2v) is 8.67. The van der Waals surface area contributed by atoms with Crippen LogP contribution in [0.5, 0.6) is 0 Å². The molecule has 0 radical (unpaired) electrons. The molecule has 0 fully saturated rings. The van der Waals surface area contributed by atoms with Crippen LogP contribution in [0.1, 0.15) is 47.0 Å². The molecule has 1 aliphatic rings. The van der Waals surface area contributed by atoms with Crippen molar-refractivity contribution < 1.29 is 24.5 Å². The van der Waals surface area contributed by atoms with Crippen molar-refractivity contribution in [3.05, 3.63) is 84.6 Å². The Morgan fingerprint density at radius 3 is 2.50 bits per heavy atom. The Bertz CT molecular complexity index is 799. The molecule has 5 heteroatoms. The fourth-order valence-corrected chi connectivity index (χ4v) is 3.30. The standard InChI is InChI=1S/C29H42O5/c1-6-7-17-25-18-9-8-10-19-26(33-5)29(32)28(31)24(4)16-12-15-22(2)13-11-14-23(3)20-21-27(30)34-25/h7-14,16-17,19-22,24-26,28-29,31-32H,6,15,18H2,1-5H3/b9-8+,13-11+,16-12+,17-7+,19-10-,21-20+,23-14+. The average molecular weight is 471 g/mol. The van der Waals surface area contributed by atoms with Crippen LogP contribution in [0.2, 0.25) is 0 Å². The molecule has 0 bridgehead atoms. The molecule has 2 N–H and O–H groups in total. The average Bonchev–Trinajstić information content (AvgIpc) is 2.81. The molecular weight excluding hydrogens is 428 g/mol. The van der Waals surface area contributed by atoms with Gasteiger partial charge in [-0.2, -0.15) is 0 Å². The quantitative estimate of drug-likeness (QED) is 0.427. The Balaban J connectivity index is 3.12. The first kappa shape index (κ1) is 29.6. The summed E-state index contributed by atoms with van der Waals surface area (Å²) in [6.07, 6.45) is 23.3. The first-order chi connectivity index (χ1) is 16.3. The third-order valence-corrected chi connectivity index (χ3v) is 5.50. The van der Waals surface area contributed by atoms with E-state index in [-0.39, 0.29) is 12.0 Å². The Morgan fingerprint density at radius 2 is 1.79 bits per heavy atom. The van der Waals surface area contributed by atoms with E-state index in [1.165, 1.54) is 13.2 Å². The van der Waals surface area contributed by atoms with Gasteiger partial charge in [0.2, 0.25) is 0 Å². The minimum Gasteiger partial charge on any atom is -0.455 e. The van der Waals surface area contributed by atoms with Crippen LogP contribution >= 0.6 is 0 Å². The maximum Gasteiger partial charge on any atom is 0.331 e. The molecule has 0 aromatic heterocycles. The minimum atomic E-state index is -1.06. The number of hydrogen-bond acceptors (Lipinski definition) is 5. The fourth-order valence-electron chi connectivity index (χ4n) is 3.30. The lowest BCUT2D eigenvalue weighted by Crippen LogP contribution is -2.40. The highest BCUT2D eigenvalue weighted by molar-refractivity contribution is 5.82. The van der Waals surface area contributed by atoms with Gasteiger partial charge in [0.05, 0.1) is 6.10 Å². The monoisotopic (exact) mass is 470 g/mol. The number of rotatable bonds is 3. The largest absolute Gasteiger partial charge is 0.455 e. The molecule has 0 spiro atoms. The van der Waals surface area contributed by atoms with Gasteiger partial charge >= 0.3 is 5.97 Å². The molecule has 0 saturated heterocycles. The van der Waals surface area contributed by atoms with Crippen LogP contribution in [0, 0.1) is 11.8 Å². The van der Waals surface area contributed by atoms with Crippen LogP contribution in [-0.4, -0.2) is 47.7 Å². The van der Waals surface area contributed by atoms with Gasteiger partial charge in [-0.15, -0.1) is 0 Å². The summed E-state index contributed by atoms with van der Waals surface area (Å²) in [6.45, 7) is 7.94. The van der Waals surface area contributed by atoms with E-state index in [1.54, 1.807) is 18.2 Å². The Hall–Kier alpha value is -2.47. The molecule has 0 aromatic carbocycles. The van der Waals surface area contributed by atoms with E-state index in [9.17, 15) is 15.0 Å². The van der Waals surface area contributed by atoms with Gasteiger partial charge in [-0.25, -0.2) is 4.79 Å². The van der Waals surface area contributed by atoms with Crippen molar-refractivity contribution in [2.75, 3.05) is 7.11 Å². The Kier molecular flexibility index (Phi) is 14.8. The van der Waals surface area contributed by atoms with E-state index >= 15 is 0 Å². The summed E-state index contributed by atoms with van der Waals surface area (Å²) in [5, 5.41) is 21.2. The third kappa shape index (κ3) is 12.1. The number of carbonyl (C=O) groups is 1. The van der Waals surface area contributed by atoms with E-state index in [2.05, 4.69) is 13.0 Å². The highest BCUT2D eigenvalue weighted by Gasteiger charge is 2.27. The van der Waals surface area contributed by atoms with Crippen LogP contribution in [0.3, 0.4) is 0 Å². The number of aliphatic hydroxyl groups is 2. The van der Waals surface area contributed by atoms with Crippen LogP contribution in [0.25, 0.3) is 0 Å². The van der Waals surface area contributed by atoms with Gasteiger partial charge in [-0.3, -0.25) is 0 Å². The molecule has 34 heavy (non-hydrogen) atoms. The summed E-state index contributed by atoms with van der Waals surface area (Å²) in [7, 11) is 1.50. The lowest BCUT2D eigenvalue weighted by Gasteiger charge is -2.26. The number of cyclic esters (lactones) is 1. The summed E-state index contributed by atoms with van der Waals surface area (Å²) >= 11 is 0. The van der Waals surface area contributed by atoms with E-state index < -0.39 is 24.3 Å². The number of carbonyl (C=O) groups excluding carboxylic acids is 1. The van der Waals surface area contributed by atoms with Crippen molar-refractivity contribution in [2.24, 2.45) is 11.8 Å². The maximum absolute atomic E-state index is 12.3. The molecule has 0 aliphatic carbocycles. The maximum atomic E-state index is 12.3. The number of methoxy groups -OCH3 is 1. The van der Waals surface area contributed by atoms with Gasteiger partial charge in [0, 0.05) is 25.5 Å². The zero-order valence-corrected chi connectivity index (χ0v) is 21.2. The van der Waals surface area contributed by atoms with Crippen molar-refractivity contribution in [2.45, 2.75) is 71.4 Å². The number of ether oxygens (including phenoxy) is 2. The van der Waals surface area contributed by atoms with E-state index in [4.69, 9.17) is 9.47 Å². The molecule has 188 valence electrons. The molecule has 1 heterocycles. The predicted molar refractivity (Wildman–Crippen MR) is 139 cm³/mol. The molecule has 1 aliphatic heterocycles. The predicted octanol–water partition coefficient (Wildman–Crippen LogP) is 5.39. The van der Waals surface area contributed by atoms with Crippen LogP contribution in [-0.2, 0) is 14.3 Å². The number of hydrogen-bond donors (Lipinski definition) is 2. The first-order valence-corrected chi connectivity index (χ1v) is 12.1. The summed E-state index contributed by atoms with van der Waals surface area (Å²) in [5.74, 6) is -0.314. The Morgan fingerprint density at radius 1 is 1.03 bits per heavy atom. The third-order valence-electron chi connectivity index (χ3n) is 5.50. The zero-order chi connectivity index (χ0) is 25.3. The van der Waals surface area contributed by atoms with E-state index in [1.807, 2.05) is 69.4 Å². The zero-order valence-electron chi connectivity index (χ0n) is 21.2. The smallest absolute Gasteiger partial charge is 0.331 e. The second kappa shape index (κ2) is 17.0.